The molecule has 8 atom stereocenters. The highest BCUT2D eigenvalue weighted by atomic mass is 16.6. The van der Waals surface area contributed by atoms with E-state index >= 15 is 0 Å². The Labute approximate surface area is 270 Å². The SMILES string of the molecule is CCCC(=O)OCC1=C[C@H]2[C@@H]3C(C)(C)[C@]3(OC(=O)CCC)[C@H](OC(=O)/C=C/c3ccccc3)[C@@H](C)[C@]2(O)[C@@H]2C=C(C)C(=O)[C@@]2(O)C1. The average molecular weight is 635 g/mol. The number of ether oxygens (including phenoxy) is 3. The molecule has 248 valence electrons. The molecule has 0 saturated heterocycles. The maximum atomic E-state index is 13.6. The van der Waals surface area contributed by atoms with Crippen molar-refractivity contribution in [3.63, 3.8) is 0 Å². The summed E-state index contributed by atoms with van der Waals surface area (Å²) in [6, 6.07) is 9.25. The molecule has 0 amide bonds. The van der Waals surface area contributed by atoms with Crippen LogP contribution in [0.3, 0.4) is 0 Å². The first-order valence-electron chi connectivity index (χ1n) is 16.4. The highest BCUT2D eigenvalue weighted by Crippen LogP contribution is 2.77. The van der Waals surface area contributed by atoms with Crippen molar-refractivity contribution >= 4 is 29.8 Å². The summed E-state index contributed by atoms with van der Waals surface area (Å²) in [6.45, 7) is 10.7. The molecular formula is C37H46O9. The van der Waals surface area contributed by atoms with Gasteiger partial charge in [0.15, 0.2) is 11.4 Å². The first-order chi connectivity index (χ1) is 21.7. The van der Waals surface area contributed by atoms with Crippen LogP contribution in [-0.4, -0.2) is 63.4 Å². The molecule has 0 unspecified atom stereocenters. The van der Waals surface area contributed by atoms with E-state index in [9.17, 15) is 29.4 Å². The minimum absolute atomic E-state index is 0.144. The number of aliphatic hydroxyl groups is 2. The smallest absolute Gasteiger partial charge is 0.331 e. The minimum Gasteiger partial charge on any atom is -0.461 e. The van der Waals surface area contributed by atoms with Gasteiger partial charge >= 0.3 is 17.9 Å². The van der Waals surface area contributed by atoms with Crippen molar-refractivity contribution in [1.82, 2.24) is 0 Å². The van der Waals surface area contributed by atoms with Crippen LogP contribution in [0.2, 0.25) is 0 Å². The summed E-state index contributed by atoms with van der Waals surface area (Å²) in [5.74, 6) is -5.27. The van der Waals surface area contributed by atoms with Crippen molar-refractivity contribution in [2.24, 2.45) is 29.1 Å². The number of rotatable bonds is 10. The van der Waals surface area contributed by atoms with E-state index in [1.165, 1.54) is 6.08 Å². The molecular weight excluding hydrogens is 588 g/mol. The summed E-state index contributed by atoms with van der Waals surface area (Å²) in [4.78, 5) is 52.6. The zero-order valence-corrected chi connectivity index (χ0v) is 27.6. The van der Waals surface area contributed by atoms with Crippen LogP contribution in [-0.2, 0) is 33.4 Å². The minimum atomic E-state index is -2.01. The Morgan fingerprint density at radius 3 is 2.30 bits per heavy atom. The lowest BCUT2D eigenvalue weighted by Gasteiger charge is -2.53. The monoisotopic (exact) mass is 634 g/mol. The zero-order chi connectivity index (χ0) is 33.7. The van der Waals surface area contributed by atoms with Gasteiger partial charge < -0.3 is 24.4 Å². The molecule has 0 spiro atoms. The van der Waals surface area contributed by atoms with Crippen LogP contribution in [0.5, 0.6) is 0 Å². The first-order valence-corrected chi connectivity index (χ1v) is 16.4. The first kappa shape index (κ1) is 33.8. The molecule has 9 heteroatoms. The fourth-order valence-electron chi connectivity index (χ4n) is 8.60. The van der Waals surface area contributed by atoms with Crippen molar-refractivity contribution in [3.8, 4) is 0 Å². The van der Waals surface area contributed by atoms with Gasteiger partial charge in [0, 0.05) is 54.4 Å². The molecule has 4 aliphatic carbocycles. The summed E-state index contributed by atoms with van der Waals surface area (Å²) in [6.07, 6.45) is 6.65. The number of ketones is 1. The Kier molecular flexibility index (Phi) is 8.98. The Hall–Kier alpha value is -3.56. The van der Waals surface area contributed by atoms with Crippen LogP contribution in [0.25, 0.3) is 6.08 Å². The van der Waals surface area contributed by atoms with E-state index in [1.54, 1.807) is 32.1 Å². The number of carbonyl (C=O) groups excluding carboxylic acids is 4. The van der Waals surface area contributed by atoms with E-state index in [4.69, 9.17) is 14.2 Å². The van der Waals surface area contributed by atoms with Crippen LogP contribution in [0.4, 0.5) is 0 Å². The van der Waals surface area contributed by atoms with Crippen molar-refractivity contribution in [2.75, 3.05) is 6.61 Å². The van der Waals surface area contributed by atoms with Crippen LogP contribution < -0.4 is 0 Å². The Morgan fingerprint density at radius 1 is 1.00 bits per heavy atom. The summed E-state index contributed by atoms with van der Waals surface area (Å²) < 4.78 is 18.0. The lowest BCUT2D eigenvalue weighted by Crippen LogP contribution is -2.66. The molecule has 0 aliphatic heterocycles. The van der Waals surface area contributed by atoms with Gasteiger partial charge in [-0.2, -0.15) is 0 Å². The third-order valence-corrected chi connectivity index (χ3v) is 10.8. The second-order valence-corrected chi connectivity index (χ2v) is 14.0. The largest absolute Gasteiger partial charge is 0.461 e. The van der Waals surface area contributed by atoms with Gasteiger partial charge in [0.2, 0.25) is 0 Å². The third kappa shape index (κ3) is 5.25. The van der Waals surface area contributed by atoms with Gasteiger partial charge in [0.1, 0.15) is 18.3 Å². The zero-order valence-electron chi connectivity index (χ0n) is 27.6. The molecule has 1 aromatic rings. The van der Waals surface area contributed by atoms with Gasteiger partial charge in [0.05, 0.1) is 5.60 Å². The second kappa shape index (κ2) is 12.2. The lowest BCUT2D eigenvalue weighted by atomic mass is 9.59. The molecule has 4 aliphatic rings. The number of hydrogen-bond donors (Lipinski definition) is 2. The van der Waals surface area contributed by atoms with Crippen LogP contribution >= 0.6 is 0 Å². The predicted octanol–water partition coefficient (Wildman–Crippen LogP) is 4.90. The van der Waals surface area contributed by atoms with Gasteiger partial charge in [-0.1, -0.05) is 77.1 Å². The molecule has 0 radical (unpaired) electrons. The molecule has 2 N–H and O–H groups in total. The number of fused-ring (bicyclic) bond motifs is 5. The highest BCUT2D eigenvalue weighted by Gasteiger charge is 2.87. The molecule has 2 saturated carbocycles. The second-order valence-electron chi connectivity index (χ2n) is 14.0. The predicted molar refractivity (Wildman–Crippen MR) is 170 cm³/mol. The van der Waals surface area contributed by atoms with Crippen molar-refractivity contribution in [2.45, 2.75) is 96.6 Å². The van der Waals surface area contributed by atoms with Gasteiger partial charge in [-0.15, -0.1) is 0 Å². The topological polar surface area (TPSA) is 136 Å². The van der Waals surface area contributed by atoms with E-state index in [2.05, 4.69) is 0 Å². The van der Waals surface area contributed by atoms with Crippen LogP contribution in [0.1, 0.15) is 79.2 Å². The van der Waals surface area contributed by atoms with E-state index in [0.717, 1.165) is 5.56 Å². The molecule has 0 aromatic heterocycles. The number of esters is 3. The lowest BCUT2D eigenvalue weighted by molar-refractivity contribution is -0.227. The molecule has 5 rings (SSSR count). The maximum Gasteiger partial charge on any atom is 0.331 e. The molecule has 0 heterocycles. The van der Waals surface area contributed by atoms with Crippen LogP contribution in [0.15, 0.2) is 59.7 Å². The van der Waals surface area contributed by atoms with Gasteiger partial charge in [-0.3, -0.25) is 14.4 Å². The fourth-order valence-corrected chi connectivity index (χ4v) is 8.60. The normalized spacial score (nSPS) is 35.6. The highest BCUT2D eigenvalue weighted by molar-refractivity contribution is 6.05. The van der Waals surface area contributed by atoms with E-state index in [1.807, 2.05) is 58.0 Å². The Morgan fingerprint density at radius 2 is 1.65 bits per heavy atom. The van der Waals surface area contributed by atoms with E-state index in [-0.39, 0.29) is 25.9 Å². The Bertz CT molecular complexity index is 1490. The van der Waals surface area contributed by atoms with Crippen molar-refractivity contribution in [1.29, 1.82) is 0 Å². The van der Waals surface area contributed by atoms with Gasteiger partial charge in [-0.25, -0.2) is 4.79 Å². The number of Topliss-reactive ketones (excluding diaryl/α,β-unsaturated/α-hetero) is 1. The Balaban J connectivity index is 1.62. The molecule has 9 nitrogen and oxygen atoms in total. The summed E-state index contributed by atoms with van der Waals surface area (Å²) in [7, 11) is 0. The van der Waals surface area contributed by atoms with E-state index < -0.39 is 75.7 Å². The summed E-state index contributed by atoms with van der Waals surface area (Å²) >= 11 is 0. The molecule has 1 aromatic carbocycles. The van der Waals surface area contributed by atoms with Gasteiger partial charge in [-0.05, 0) is 42.6 Å². The third-order valence-electron chi connectivity index (χ3n) is 10.8. The van der Waals surface area contributed by atoms with E-state index in [0.29, 0.717) is 24.0 Å². The number of carbonyl (C=O) groups is 4. The number of hydrogen-bond acceptors (Lipinski definition) is 9. The molecule has 46 heavy (non-hydrogen) atoms. The summed E-state index contributed by atoms with van der Waals surface area (Å²) in [5, 5.41) is 25.1. The fraction of sp³-hybridized carbons (Fsp3) is 0.568. The maximum absolute atomic E-state index is 13.6. The number of benzene rings is 1. The quantitative estimate of drug-likeness (QED) is 0.159. The van der Waals surface area contributed by atoms with Crippen molar-refractivity contribution in [3.05, 3.63) is 65.3 Å². The standard InChI is InChI=1S/C37H46O9/c1-7-12-28(38)44-21-25-19-26-31-34(5,6)37(31,46-30(40)13-8-2)33(45-29(39)17-16-24-14-10-9-11-15-24)23(4)36(26,43)27-18-22(3)32(41)35(27,42)20-25/h9-11,14-19,23,26-27,31,33,42-43H,7-8,12-13,20-21H2,1-6H3/b17-16+/t23-,26+,27-,31-,33-,35-,36-,37-/m1/s1. The summed E-state index contributed by atoms with van der Waals surface area (Å²) in [5.41, 5.74) is -4.28. The molecule has 0 bridgehead atoms. The van der Waals surface area contributed by atoms with Crippen molar-refractivity contribution < 1.29 is 43.6 Å². The van der Waals surface area contributed by atoms with Gasteiger partial charge in [0.25, 0.3) is 0 Å². The van der Waals surface area contributed by atoms with Crippen LogP contribution in [0, 0.1) is 29.1 Å². The molecule has 2 fully saturated rings. The average Bonchev–Trinajstić information content (AvgIpc) is 3.43.